The number of amides is 1. The van der Waals surface area contributed by atoms with Gasteiger partial charge in [0.15, 0.2) is 5.69 Å². The molecule has 0 aliphatic heterocycles. The monoisotopic (exact) mass is 350 g/mol. The number of anilines is 1. The molecule has 0 aliphatic rings. The fraction of sp³-hybridized carbons (Fsp3) is 0.158. The van der Waals surface area contributed by atoms with E-state index in [1.54, 1.807) is 35.9 Å². The Morgan fingerprint density at radius 3 is 2.42 bits per heavy atom. The second-order valence-electron chi connectivity index (χ2n) is 5.69. The van der Waals surface area contributed by atoms with Gasteiger partial charge in [-0.15, -0.1) is 5.10 Å². The molecule has 1 aromatic heterocycles. The number of benzene rings is 2. The summed E-state index contributed by atoms with van der Waals surface area (Å²) in [6, 6.07) is 16.3. The Hall–Kier alpha value is -3.48. The molecule has 0 fully saturated rings. The molecule has 7 heteroatoms. The average molecular weight is 350 g/mol. The van der Waals surface area contributed by atoms with Crippen molar-refractivity contribution in [2.45, 2.75) is 13.5 Å². The van der Waals surface area contributed by atoms with Gasteiger partial charge in [0.2, 0.25) is 0 Å². The molecule has 3 aromatic rings. The third-order valence-corrected chi connectivity index (χ3v) is 3.94. The van der Waals surface area contributed by atoms with Crippen molar-refractivity contribution in [3.63, 3.8) is 0 Å². The van der Waals surface area contributed by atoms with Gasteiger partial charge in [0.05, 0.1) is 24.9 Å². The summed E-state index contributed by atoms with van der Waals surface area (Å²) in [7, 11) is 1.32. The minimum absolute atomic E-state index is 0.262. The summed E-state index contributed by atoms with van der Waals surface area (Å²) in [6.45, 7) is 2.35. The summed E-state index contributed by atoms with van der Waals surface area (Å²) < 4.78 is 6.33. The van der Waals surface area contributed by atoms with Crippen molar-refractivity contribution >= 4 is 17.6 Å². The van der Waals surface area contributed by atoms with Crippen LogP contribution in [0.2, 0.25) is 0 Å². The summed E-state index contributed by atoms with van der Waals surface area (Å²) >= 11 is 0. The zero-order valence-electron chi connectivity index (χ0n) is 14.5. The first-order valence-corrected chi connectivity index (χ1v) is 8.02. The summed E-state index contributed by atoms with van der Waals surface area (Å²) in [6.07, 6.45) is 0. The van der Waals surface area contributed by atoms with Gasteiger partial charge in [0, 0.05) is 5.69 Å². The molecule has 2 aromatic carbocycles. The number of nitrogens with zero attached hydrogens (tertiary/aromatic N) is 3. The Bertz CT molecular complexity index is 918. The van der Waals surface area contributed by atoms with E-state index in [2.05, 4.69) is 20.4 Å². The van der Waals surface area contributed by atoms with Crippen molar-refractivity contribution in [2.75, 3.05) is 12.4 Å². The van der Waals surface area contributed by atoms with Crippen LogP contribution in [0, 0.1) is 6.92 Å². The zero-order chi connectivity index (χ0) is 18.5. The molecule has 0 saturated carbocycles. The maximum Gasteiger partial charge on any atom is 0.337 e. The topological polar surface area (TPSA) is 86.1 Å². The number of aromatic nitrogens is 3. The third-order valence-electron chi connectivity index (χ3n) is 3.94. The minimum atomic E-state index is -0.428. The highest BCUT2D eigenvalue weighted by Crippen LogP contribution is 2.13. The third kappa shape index (κ3) is 3.77. The van der Waals surface area contributed by atoms with Gasteiger partial charge in [-0.1, -0.05) is 35.5 Å². The number of rotatable bonds is 5. The molecule has 1 heterocycles. The van der Waals surface area contributed by atoms with Gasteiger partial charge < -0.3 is 10.1 Å². The number of hydrogen-bond acceptors (Lipinski definition) is 5. The van der Waals surface area contributed by atoms with Crippen LogP contribution < -0.4 is 5.32 Å². The summed E-state index contributed by atoms with van der Waals surface area (Å²) in [4.78, 5) is 23.9. The molecule has 1 amide bonds. The van der Waals surface area contributed by atoms with Crippen molar-refractivity contribution in [1.82, 2.24) is 15.0 Å². The van der Waals surface area contributed by atoms with Crippen LogP contribution in [0.25, 0.3) is 0 Å². The Labute approximate surface area is 150 Å². The number of methoxy groups -OCH3 is 1. The number of ether oxygens (including phenoxy) is 1. The van der Waals surface area contributed by atoms with Crippen molar-refractivity contribution < 1.29 is 14.3 Å². The standard InChI is InChI=1S/C19H18N4O3/c1-13-17(21-22-23(13)12-14-6-4-3-5-7-14)18(24)20-16-10-8-15(9-11-16)19(25)26-2/h3-11H,12H2,1-2H3,(H,20,24). The molecular formula is C19H18N4O3. The second-order valence-corrected chi connectivity index (χ2v) is 5.69. The number of hydrogen-bond donors (Lipinski definition) is 1. The number of nitrogens with one attached hydrogen (secondary N) is 1. The predicted octanol–water partition coefficient (Wildman–Crippen LogP) is 2.67. The molecule has 0 aliphatic carbocycles. The minimum Gasteiger partial charge on any atom is -0.465 e. The predicted molar refractivity (Wildman–Crippen MR) is 96.0 cm³/mol. The van der Waals surface area contributed by atoms with E-state index in [9.17, 15) is 9.59 Å². The van der Waals surface area contributed by atoms with E-state index < -0.39 is 5.97 Å². The lowest BCUT2D eigenvalue weighted by atomic mass is 10.2. The van der Waals surface area contributed by atoms with Crippen LogP contribution in [0.15, 0.2) is 54.6 Å². The quantitative estimate of drug-likeness (QED) is 0.715. The van der Waals surface area contributed by atoms with Gasteiger partial charge >= 0.3 is 5.97 Å². The number of carbonyl (C=O) groups is 2. The maximum atomic E-state index is 12.5. The second kappa shape index (κ2) is 7.60. The highest BCUT2D eigenvalue weighted by Gasteiger charge is 2.17. The van der Waals surface area contributed by atoms with Crippen molar-refractivity contribution in [3.05, 3.63) is 77.1 Å². The lowest BCUT2D eigenvalue weighted by molar-refractivity contribution is 0.0600. The molecule has 0 saturated heterocycles. The molecule has 132 valence electrons. The van der Waals surface area contributed by atoms with E-state index >= 15 is 0 Å². The van der Waals surface area contributed by atoms with Gasteiger partial charge in [0.25, 0.3) is 5.91 Å². The number of carbonyl (C=O) groups excluding carboxylic acids is 2. The first-order chi connectivity index (χ1) is 12.6. The Morgan fingerprint density at radius 2 is 1.77 bits per heavy atom. The van der Waals surface area contributed by atoms with E-state index in [0.29, 0.717) is 23.5 Å². The van der Waals surface area contributed by atoms with Crippen molar-refractivity contribution in [3.8, 4) is 0 Å². The lowest BCUT2D eigenvalue weighted by Gasteiger charge is -2.06. The van der Waals surface area contributed by atoms with Crippen LogP contribution in [0.4, 0.5) is 5.69 Å². The van der Waals surface area contributed by atoms with Gasteiger partial charge in [-0.3, -0.25) is 4.79 Å². The van der Waals surface area contributed by atoms with Crippen LogP contribution in [0.3, 0.4) is 0 Å². The Balaban J connectivity index is 1.71. The molecule has 0 spiro atoms. The van der Waals surface area contributed by atoms with E-state index in [0.717, 1.165) is 5.56 Å². The first-order valence-electron chi connectivity index (χ1n) is 8.02. The lowest BCUT2D eigenvalue weighted by Crippen LogP contribution is -2.14. The Kier molecular flexibility index (Phi) is 5.07. The van der Waals surface area contributed by atoms with Crippen LogP contribution in [-0.4, -0.2) is 34.0 Å². The van der Waals surface area contributed by atoms with Crippen LogP contribution in [0.5, 0.6) is 0 Å². The smallest absolute Gasteiger partial charge is 0.337 e. The van der Waals surface area contributed by atoms with Gasteiger partial charge in [-0.2, -0.15) is 0 Å². The maximum absolute atomic E-state index is 12.5. The van der Waals surface area contributed by atoms with E-state index in [-0.39, 0.29) is 11.6 Å². The molecule has 0 bridgehead atoms. The van der Waals surface area contributed by atoms with Gasteiger partial charge in [-0.25, -0.2) is 9.48 Å². The molecule has 0 unspecified atom stereocenters. The van der Waals surface area contributed by atoms with E-state index in [4.69, 9.17) is 0 Å². The zero-order valence-corrected chi connectivity index (χ0v) is 14.5. The SMILES string of the molecule is COC(=O)c1ccc(NC(=O)c2nnn(Cc3ccccc3)c2C)cc1. The molecule has 3 rings (SSSR count). The van der Waals surface area contributed by atoms with Crippen LogP contribution in [-0.2, 0) is 11.3 Å². The molecule has 0 atom stereocenters. The summed E-state index contributed by atoms with van der Waals surface area (Å²) in [5.74, 6) is -0.782. The summed E-state index contributed by atoms with van der Waals surface area (Å²) in [5.41, 5.74) is 2.98. The molecular weight excluding hydrogens is 332 g/mol. The number of esters is 1. The van der Waals surface area contributed by atoms with Crippen LogP contribution >= 0.6 is 0 Å². The highest BCUT2D eigenvalue weighted by atomic mass is 16.5. The van der Waals surface area contributed by atoms with E-state index in [1.165, 1.54) is 7.11 Å². The normalized spacial score (nSPS) is 10.4. The molecule has 0 radical (unpaired) electrons. The van der Waals surface area contributed by atoms with Gasteiger partial charge in [0.1, 0.15) is 0 Å². The van der Waals surface area contributed by atoms with Crippen LogP contribution in [0.1, 0.15) is 32.1 Å². The largest absolute Gasteiger partial charge is 0.465 e. The van der Waals surface area contributed by atoms with Gasteiger partial charge in [-0.05, 0) is 36.8 Å². The Morgan fingerprint density at radius 1 is 1.08 bits per heavy atom. The highest BCUT2D eigenvalue weighted by molar-refractivity contribution is 6.03. The molecule has 26 heavy (non-hydrogen) atoms. The fourth-order valence-corrected chi connectivity index (χ4v) is 2.47. The molecule has 7 nitrogen and oxygen atoms in total. The van der Waals surface area contributed by atoms with Crippen molar-refractivity contribution in [1.29, 1.82) is 0 Å². The van der Waals surface area contributed by atoms with Crippen molar-refractivity contribution in [2.24, 2.45) is 0 Å². The van der Waals surface area contributed by atoms with E-state index in [1.807, 2.05) is 30.3 Å². The average Bonchev–Trinajstić information content (AvgIpc) is 3.03. The summed E-state index contributed by atoms with van der Waals surface area (Å²) in [5, 5.41) is 10.8. The first kappa shape index (κ1) is 17.3. The molecule has 1 N–H and O–H groups in total. The fourth-order valence-electron chi connectivity index (χ4n) is 2.47.